The van der Waals surface area contributed by atoms with Crippen molar-refractivity contribution < 1.29 is 23.0 Å². The number of rotatable bonds is 5. The summed E-state index contributed by atoms with van der Waals surface area (Å²) in [5.41, 5.74) is -2.74. The predicted molar refractivity (Wildman–Crippen MR) is 103 cm³/mol. The van der Waals surface area contributed by atoms with Crippen LogP contribution in [0.4, 0.5) is 8.78 Å². The number of fused-ring (bicyclic) bond motifs is 1. The van der Waals surface area contributed by atoms with E-state index in [1.807, 2.05) is 13.0 Å². The van der Waals surface area contributed by atoms with Gasteiger partial charge < -0.3 is 5.32 Å². The van der Waals surface area contributed by atoms with E-state index >= 15 is 0 Å². The molecular formula is C17H13BrF2N2O3PS+. The molecule has 2 N–H and O–H groups in total. The molecule has 2 atom stereocenters. The van der Waals surface area contributed by atoms with Gasteiger partial charge in [-0.1, -0.05) is 6.07 Å². The van der Waals surface area contributed by atoms with Crippen LogP contribution in [0.1, 0.15) is 33.8 Å². The Morgan fingerprint density at radius 1 is 1.41 bits per heavy atom. The summed E-state index contributed by atoms with van der Waals surface area (Å²) in [6.45, 7) is 1.81. The van der Waals surface area contributed by atoms with Crippen molar-refractivity contribution in [3.8, 4) is 0 Å². The number of amides is 1. The van der Waals surface area contributed by atoms with E-state index in [0.717, 1.165) is 5.56 Å². The van der Waals surface area contributed by atoms with Crippen LogP contribution in [0, 0.1) is 0 Å². The molecule has 0 aliphatic heterocycles. The van der Waals surface area contributed by atoms with Crippen molar-refractivity contribution in [1.29, 1.82) is 0 Å². The highest BCUT2D eigenvalue weighted by Gasteiger charge is 2.56. The molecule has 0 saturated carbocycles. The molecule has 2 aromatic heterocycles. The average molecular weight is 474 g/mol. The van der Waals surface area contributed by atoms with Gasteiger partial charge in [0.2, 0.25) is 0 Å². The first kappa shape index (κ1) is 19.9. The largest absolute Gasteiger partial charge is 0.590 e. The van der Waals surface area contributed by atoms with Gasteiger partial charge in [0.05, 0.1) is 10.5 Å². The van der Waals surface area contributed by atoms with Crippen LogP contribution >= 0.6 is 35.3 Å². The summed E-state index contributed by atoms with van der Waals surface area (Å²) in [4.78, 5) is 24.9. The molecule has 2 heterocycles. The van der Waals surface area contributed by atoms with Gasteiger partial charge in [0.15, 0.2) is 0 Å². The maximum absolute atomic E-state index is 14.0. The molecule has 3 aromatic rings. The number of nitrogens with one attached hydrogen (secondary N) is 1. The van der Waals surface area contributed by atoms with Crippen molar-refractivity contribution in [2.75, 3.05) is 0 Å². The van der Waals surface area contributed by atoms with Gasteiger partial charge in [-0.2, -0.15) is 4.89 Å². The van der Waals surface area contributed by atoms with Crippen molar-refractivity contribution in [2.45, 2.75) is 18.6 Å². The third-order valence-electron chi connectivity index (χ3n) is 3.94. The molecule has 1 unspecified atom stereocenters. The van der Waals surface area contributed by atoms with E-state index in [1.54, 1.807) is 24.5 Å². The van der Waals surface area contributed by atoms with Gasteiger partial charge in [-0.25, -0.2) is 0 Å². The molecule has 1 aromatic carbocycles. The van der Waals surface area contributed by atoms with E-state index < -0.39 is 18.6 Å². The molecule has 140 valence electrons. The molecule has 0 spiro atoms. The van der Waals surface area contributed by atoms with Gasteiger partial charge in [-0.3, -0.25) is 9.78 Å². The fourth-order valence-electron chi connectivity index (χ4n) is 2.48. The molecule has 10 heteroatoms. The van der Waals surface area contributed by atoms with Gasteiger partial charge in [-0.15, -0.1) is 20.1 Å². The number of thiophene rings is 1. The van der Waals surface area contributed by atoms with E-state index in [9.17, 15) is 18.1 Å². The van der Waals surface area contributed by atoms with Crippen LogP contribution in [0.2, 0.25) is 0 Å². The second-order valence-electron chi connectivity index (χ2n) is 5.75. The molecule has 0 aliphatic rings. The monoisotopic (exact) mass is 473 g/mol. The number of alkyl halides is 2. The number of pyridine rings is 1. The number of aromatic nitrogens is 1. The van der Waals surface area contributed by atoms with E-state index in [4.69, 9.17) is 4.89 Å². The molecule has 0 bridgehead atoms. The lowest BCUT2D eigenvalue weighted by Gasteiger charge is -2.14. The van der Waals surface area contributed by atoms with Crippen LogP contribution in [0.5, 0.6) is 0 Å². The lowest BCUT2D eigenvalue weighted by Crippen LogP contribution is -2.26. The molecule has 27 heavy (non-hydrogen) atoms. The van der Waals surface area contributed by atoms with Crippen LogP contribution in [0.15, 0.2) is 47.2 Å². The summed E-state index contributed by atoms with van der Waals surface area (Å²) in [5, 5.41) is 3.21. The van der Waals surface area contributed by atoms with E-state index in [-0.39, 0.29) is 16.4 Å². The zero-order valence-corrected chi connectivity index (χ0v) is 17.1. The minimum absolute atomic E-state index is 0.0138. The van der Waals surface area contributed by atoms with Crippen LogP contribution in [-0.4, -0.2) is 15.8 Å². The van der Waals surface area contributed by atoms with Crippen LogP contribution in [0.25, 0.3) is 10.1 Å². The van der Waals surface area contributed by atoms with Gasteiger partial charge in [-0.05, 0) is 57.2 Å². The number of hydrogen-bond acceptors (Lipinski definition) is 4. The summed E-state index contributed by atoms with van der Waals surface area (Å²) in [6.07, 6.45) is 3.28. The second-order valence-corrected chi connectivity index (χ2v) is 8.70. The zero-order valence-electron chi connectivity index (χ0n) is 13.8. The summed E-state index contributed by atoms with van der Waals surface area (Å²) < 4.78 is 39.4. The summed E-state index contributed by atoms with van der Waals surface area (Å²) in [7, 11) is -3.72. The van der Waals surface area contributed by atoms with Crippen LogP contribution < -0.4 is 5.32 Å². The Labute approximate surface area is 166 Å². The van der Waals surface area contributed by atoms with Crippen LogP contribution in [-0.2, 0) is 10.2 Å². The van der Waals surface area contributed by atoms with Crippen LogP contribution in [0.3, 0.4) is 0 Å². The van der Waals surface area contributed by atoms with Crippen molar-refractivity contribution in [3.63, 3.8) is 0 Å². The van der Waals surface area contributed by atoms with E-state index in [2.05, 4.69) is 26.2 Å². The maximum atomic E-state index is 14.0. The first-order valence-corrected chi connectivity index (χ1v) is 10.5. The predicted octanol–water partition coefficient (Wildman–Crippen LogP) is 5.33. The van der Waals surface area contributed by atoms with Crippen molar-refractivity contribution >= 4 is 51.3 Å². The maximum Gasteiger partial charge on any atom is 0.590 e. The molecular weight excluding hydrogens is 461 g/mol. The molecule has 0 aliphatic carbocycles. The summed E-state index contributed by atoms with van der Waals surface area (Å²) in [5.74, 6) is -0.368. The lowest BCUT2D eigenvalue weighted by atomic mass is 10.1. The summed E-state index contributed by atoms with van der Waals surface area (Å²) in [6, 6.07) is 7.86. The third-order valence-corrected chi connectivity index (χ3v) is 7.12. The quantitative estimate of drug-likeness (QED) is 0.490. The number of nitrogens with zero attached hydrogens (tertiary/aromatic N) is 1. The Balaban J connectivity index is 1.91. The van der Waals surface area contributed by atoms with E-state index in [0.29, 0.717) is 27.0 Å². The highest BCUT2D eigenvalue weighted by molar-refractivity contribution is 9.10. The Hall–Kier alpha value is -1.80. The van der Waals surface area contributed by atoms with Gasteiger partial charge in [0.25, 0.3) is 5.91 Å². The number of halogens is 3. The highest BCUT2D eigenvalue weighted by Crippen LogP contribution is 2.54. The van der Waals surface area contributed by atoms with Gasteiger partial charge in [0.1, 0.15) is 4.88 Å². The second kappa shape index (κ2) is 7.67. The minimum atomic E-state index is -3.87. The highest BCUT2D eigenvalue weighted by atomic mass is 79.9. The Morgan fingerprint density at radius 3 is 2.78 bits per heavy atom. The fraction of sp³-hybridized carbons (Fsp3) is 0.176. The van der Waals surface area contributed by atoms with Gasteiger partial charge >= 0.3 is 13.7 Å². The standard InChI is InChI=1S/C17H12BrF2N2O3PS/c1-9(11-3-2-6-21-8-11)22-16(23)10-4-5-13-12(7-10)14(18)15(27-13)17(19,20)26(24)25/h2-9H,1H3,(H-,22,23,24,25)/p+1/t9-/m1/s1. The molecule has 5 nitrogen and oxygen atoms in total. The first-order valence-electron chi connectivity index (χ1n) is 7.69. The number of carbonyl (C=O) groups excluding carboxylic acids is 1. The smallest absolute Gasteiger partial charge is 0.345 e. The number of benzene rings is 1. The molecule has 0 fully saturated rings. The molecule has 0 radical (unpaired) electrons. The zero-order chi connectivity index (χ0) is 19.8. The summed E-state index contributed by atoms with van der Waals surface area (Å²) >= 11 is 3.79. The lowest BCUT2D eigenvalue weighted by molar-refractivity contribution is 0.0849. The number of hydrogen-bond donors (Lipinski definition) is 2. The minimum Gasteiger partial charge on any atom is -0.345 e. The van der Waals surface area contributed by atoms with Crippen molar-refractivity contribution in [3.05, 3.63) is 63.2 Å². The SMILES string of the molecule is C[C@@H](NC(=O)c1ccc2sc(C(F)(F)[P+](=O)O)c(Br)c2c1)c1cccnc1. The first-order chi connectivity index (χ1) is 12.7. The average Bonchev–Trinajstić information content (AvgIpc) is 2.99. The van der Waals surface area contributed by atoms with E-state index in [1.165, 1.54) is 12.1 Å². The Bertz CT molecular complexity index is 1030. The number of carbonyl (C=O) groups is 1. The third kappa shape index (κ3) is 3.91. The molecule has 3 rings (SSSR count). The van der Waals surface area contributed by atoms with Crippen molar-refractivity contribution in [1.82, 2.24) is 10.3 Å². The Morgan fingerprint density at radius 2 is 2.15 bits per heavy atom. The normalized spacial score (nSPS) is 13.4. The van der Waals surface area contributed by atoms with Gasteiger partial charge in [0, 0.05) is 28.0 Å². The van der Waals surface area contributed by atoms with Crippen molar-refractivity contribution in [2.24, 2.45) is 0 Å². The topological polar surface area (TPSA) is 79.3 Å². The fourth-order valence-corrected chi connectivity index (χ4v) is 5.19. The Kier molecular flexibility index (Phi) is 5.67. The molecule has 0 saturated heterocycles. The molecule has 1 amide bonds.